The van der Waals surface area contributed by atoms with Crippen LogP contribution >= 0.6 is 0 Å². The molecule has 1 aromatic carbocycles. The van der Waals surface area contributed by atoms with E-state index >= 15 is 0 Å². The summed E-state index contributed by atoms with van der Waals surface area (Å²) in [4.78, 5) is 6.51. The molecular weight excluding hydrogens is 284 g/mol. The molecule has 0 heterocycles. The van der Waals surface area contributed by atoms with Crippen LogP contribution in [0.3, 0.4) is 0 Å². The van der Waals surface area contributed by atoms with Gasteiger partial charge in [-0.25, -0.2) is 8.78 Å². The van der Waals surface area contributed by atoms with Crippen LogP contribution in [0.2, 0.25) is 0 Å². The van der Waals surface area contributed by atoms with Gasteiger partial charge in [0.1, 0.15) is 11.6 Å². The number of benzene rings is 1. The lowest BCUT2D eigenvalue weighted by Gasteiger charge is -2.21. The molecular formula is C17H25F2N3. The Morgan fingerprint density at radius 2 is 2.18 bits per heavy atom. The molecule has 0 aliphatic carbocycles. The third-order valence-corrected chi connectivity index (χ3v) is 3.25. The van der Waals surface area contributed by atoms with E-state index in [0.29, 0.717) is 18.5 Å². The standard InChI is InChI=1S/C17H25F2N3/c1-4-6-7-12-22(3)17(20-5-2)21-11-10-14-13-15(18)8-9-16(14)19/h4,8-9,13H,1,5-7,10-12H2,2-3H3,(H,20,21). The molecule has 0 bridgehead atoms. The van der Waals surface area contributed by atoms with Crippen LogP contribution in [-0.2, 0) is 6.42 Å². The van der Waals surface area contributed by atoms with Gasteiger partial charge in [-0.15, -0.1) is 6.58 Å². The highest BCUT2D eigenvalue weighted by molar-refractivity contribution is 5.79. The van der Waals surface area contributed by atoms with Gasteiger partial charge in [0.25, 0.3) is 0 Å². The molecule has 0 aliphatic rings. The fourth-order valence-electron chi connectivity index (χ4n) is 2.07. The first-order valence-electron chi connectivity index (χ1n) is 7.62. The number of nitrogens with one attached hydrogen (secondary N) is 1. The van der Waals surface area contributed by atoms with Gasteiger partial charge in [0.05, 0.1) is 0 Å². The predicted octanol–water partition coefficient (Wildman–Crippen LogP) is 3.37. The maximum Gasteiger partial charge on any atom is 0.193 e. The van der Waals surface area contributed by atoms with Crippen molar-refractivity contribution in [3.05, 3.63) is 48.1 Å². The molecule has 0 spiro atoms. The van der Waals surface area contributed by atoms with Gasteiger partial charge < -0.3 is 10.2 Å². The third-order valence-electron chi connectivity index (χ3n) is 3.25. The first kappa shape index (κ1) is 18.1. The van der Waals surface area contributed by atoms with Crippen molar-refractivity contribution < 1.29 is 8.78 Å². The molecule has 0 aliphatic heterocycles. The van der Waals surface area contributed by atoms with Crippen LogP contribution in [0.5, 0.6) is 0 Å². The van der Waals surface area contributed by atoms with Crippen LogP contribution in [0.25, 0.3) is 0 Å². The predicted molar refractivity (Wildman–Crippen MR) is 88.1 cm³/mol. The van der Waals surface area contributed by atoms with Gasteiger partial charge in [-0.1, -0.05) is 6.08 Å². The summed E-state index contributed by atoms with van der Waals surface area (Å²) in [6.45, 7) is 7.75. The molecule has 122 valence electrons. The van der Waals surface area contributed by atoms with E-state index in [1.54, 1.807) is 0 Å². The van der Waals surface area contributed by atoms with E-state index in [1.165, 1.54) is 6.07 Å². The summed E-state index contributed by atoms with van der Waals surface area (Å²) in [5.74, 6) is -0.0295. The van der Waals surface area contributed by atoms with E-state index in [2.05, 4.69) is 16.9 Å². The fraction of sp³-hybridized carbons (Fsp3) is 0.471. The number of unbranched alkanes of at least 4 members (excludes halogenated alkanes) is 1. The Kier molecular flexibility index (Phi) is 8.18. The molecule has 0 fully saturated rings. The number of nitrogens with zero attached hydrogens (tertiary/aromatic N) is 2. The summed E-state index contributed by atoms with van der Waals surface area (Å²) in [6.07, 6.45) is 4.23. The number of hydrogen-bond acceptors (Lipinski definition) is 1. The van der Waals surface area contributed by atoms with Gasteiger partial charge >= 0.3 is 0 Å². The van der Waals surface area contributed by atoms with Crippen LogP contribution < -0.4 is 5.32 Å². The maximum atomic E-state index is 13.6. The summed E-state index contributed by atoms with van der Waals surface area (Å²) in [7, 11) is 1.97. The van der Waals surface area contributed by atoms with Gasteiger partial charge in [0.2, 0.25) is 0 Å². The average Bonchev–Trinajstić information content (AvgIpc) is 2.50. The van der Waals surface area contributed by atoms with E-state index < -0.39 is 5.82 Å². The first-order valence-corrected chi connectivity index (χ1v) is 7.62. The molecule has 1 rings (SSSR count). The molecule has 0 amide bonds. The zero-order chi connectivity index (χ0) is 16.4. The topological polar surface area (TPSA) is 27.6 Å². The summed E-state index contributed by atoms with van der Waals surface area (Å²) >= 11 is 0. The molecule has 1 N–H and O–H groups in total. The highest BCUT2D eigenvalue weighted by Gasteiger charge is 2.06. The lowest BCUT2D eigenvalue weighted by atomic mass is 10.1. The lowest BCUT2D eigenvalue weighted by Crippen LogP contribution is -2.39. The second kappa shape index (κ2) is 9.92. The third kappa shape index (κ3) is 6.24. The lowest BCUT2D eigenvalue weighted by molar-refractivity contribution is 0.470. The Morgan fingerprint density at radius 1 is 1.41 bits per heavy atom. The van der Waals surface area contributed by atoms with Gasteiger partial charge in [-0.3, -0.25) is 4.99 Å². The van der Waals surface area contributed by atoms with Crippen molar-refractivity contribution in [2.45, 2.75) is 26.2 Å². The Bertz CT molecular complexity index is 501. The first-order chi connectivity index (χ1) is 10.6. The van der Waals surface area contributed by atoms with Gasteiger partial charge in [-0.05, 0) is 49.9 Å². The van der Waals surface area contributed by atoms with Gasteiger partial charge in [0.15, 0.2) is 5.96 Å². The highest BCUT2D eigenvalue weighted by atomic mass is 19.1. The van der Waals surface area contributed by atoms with Crippen molar-refractivity contribution in [1.29, 1.82) is 0 Å². The van der Waals surface area contributed by atoms with Gasteiger partial charge in [-0.2, -0.15) is 0 Å². The molecule has 3 nitrogen and oxygen atoms in total. The van der Waals surface area contributed by atoms with Crippen molar-refractivity contribution in [2.24, 2.45) is 4.99 Å². The minimum absolute atomic E-state index is 0.355. The van der Waals surface area contributed by atoms with Crippen molar-refractivity contribution >= 4 is 5.96 Å². The zero-order valence-corrected chi connectivity index (χ0v) is 13.4. The second-order valence-corrected chi connectivity index (χ2v) is 5.07. The molecule has 0 aromatic heterocycles. The number of guanidine groups is 1. The zero-order valence-electron chi connectivity index (χ0n) is 13.4. The van der Waals surface area contributed by atoms with Crippen LogP contribution in [-0.4, -0.2) is 37.5 Å². The van der Waals surface area contributed by atoms with Crippen LogP contribution in [0.1, 0.15) is 25.3 Å². The van der Waals surface area contributed by atoms with Crippen molar-refractivity contribution in [2.75, 3.05) is 26.7 Å². The van der Waals surface area contributed by atoms with Crippen LogP contribution in [0, 0.1) is 11.6 Å². The monoisotopic (exact) mass is 309 g/mol. The summed E-state index contributed by atoms with van der Waals surface area (Å²) in [5, 5.41) is 3.20. The molecule has 0 saturated carbocycles. The number of allylic oxidation sites excluding steroid dienone is 1. The molecule has 5 heteroatoms. The minimum Gasteiger partial charge on any atom is -0.357 e. The summed E-state index contributed by atoms with van der Waals surface area (Å²) in [6, 6.07) is 3.51. The molecule has 0 atom stereocenters. The molecule has 0 unspecified atom stereocenters. The second-order valence-electron chi connectivity index (χ2n) is 5.07. The number of aliphatic imine (C=N–C) groups is 1. The Balaban J connectivity index is 2.61. The molecule has 22 heavy (non-hydrogen) atoms. The van der Waals surface area contributed by atoms with Crippen molar-refractivity contribution in [1.82, 2.24) is 10.2 Å². The fourth-order valence-corrected chi connectivity index (χ4v) is 2.07. The van der Waals surface area contributed by atoms with E-state index in [1.807, 2.05) is 24.9 Å². The minimum atomic E-state index is -0.422. The SMILES string of the molecule is C=CCCCN(C)C(=NCCc1cc(F)ccc1F)NCC. The van der Waals surface area contributed by atoms with E-state index in [-0.39, 0.29) is 5.82 Å². The van der Waals surface area contributed by atoms with Gasteiger partial charge in [0, 0.05) is 26.7 Å². The maximum absolute atomic E-state index is 13.6. The Morgan fingerprint density at radius 3 is 2.86 bits per heavy atom. The number of rotatable bonds is 8. The van der Waals surface area contributed by atoms with E-state index in [4.69, 9.17) is 0 Å². The summed E-state index contributed by atoms with van der Waals surface area (Å²) in [5.41, 5.74) is 0.355. The molecule has 1 aromatic rings. The normalized spacial score (nSPS) is 11.4. The average molecular weight is 309 g/mol. The van der Waals surface area contributed by atoms with Crippen LogP contribution in [0.4, 0.5) is 8.78 Å². The quantitative estimate of drug-likeness (QED) is 0.345. The van der Waals surface area contributed by atoms with E-state index in [0.717, 1.165) is 44.0 Å². The van der Waals surface area contributed by atoms with Crippen molar-refractivity contribution in [3.8, 4) is 0 Å². The van der Waals surface area contributed by atoms with Crippen molar-refractivity contribution in [3.63, 3.8) is 0 Å². The smallest absolute Gasteiger partial charge is 0.193 e. The Labute approximate surface area is 131 Å². The number of hydrogen-bond donors (Lipinski definition) is 1. The Hall–Kier alpha value is -1.91. The summed E-state index contributed by atoms with van der Waals surface area (Å²) < 4.78 is 26.7. The molecule has 0 radical (unpaired) electrons. The largest absolute Gasteiger partial charge is 0.357 e. The van der Waals surface area contributed by atoms with Crippen LogP contribution in [0.15, 0.2) is 35.8 Å². The van der Waals surface area contributed by atoms with E-state index in [9.17, 15) is 8.78 Å². The number of halogens is 2. The highest BCUT2D eigenvalue weighted by Crippen LogP contribution is 2.10. The molecule has 0 saturated heterocycles.